The maximum atomic E-state index is 6.15. The van der Waals surface area contributed by atoms with E-state index in [1.54, 1.807) is 12.3 Å². The van der Waals surface area contributed by atoms with Crippen molar-refractivity contribution in [2.24, 2.45) is 0 Å². The lowest BCUT2D eigenvalue weighted by molar-refractivity contribution is 1.31. The molecule has 5 rings (SSSR count). The lowest BCUT2D eigenvalue weighted by Gasteiger charge is -2.13. The van der Waals surface area contributed by atoms with Crippen LogP contribution in [0.2, 0.25) is 5.02 Å². The molecular weight excluding hydrogens is 426 g/mol. The summed E-state index contributed by atoms with van der Waals surface area (Å²) in [5, 5.41) is 3.77. The third kappa shape index (κ3) is 4.59. The van der Waals surface area contributed by atoms with Crippen LogP contribution < -0.4 is 11.1 Å². The first-order chi connectivity index (χ1) is 16.2. The summed E-state index contributed by atoms with van der Waals surface area (Å²) < 4.78 is 0. The van der Waals surface area contributed by atoms with Crippen molar-refractivity contribution in [3.05, 3.63) is 120 Å². The molecule has 3 nitrogen and oxygen atoms in total. The Bertz CT molecular complexity index is 1340. The Labute approximate surface area is 198 Å². The minimum Gasteiger partial charge on any atom is -0.395 e. The largest absolute Gasteiger partial charge is 0.395 e. The van der Waals surface area contributed by atoms with Gasteiger partial charge in [-0.3, -0.25) is 0 Å². The number of nitrogens with zero attached hydrogens (tertiary/aromatic N) is 1. The molecule has 0 aliphatic rings. The Balaban J connectivity index is 1.59. The Morgan fingerprint density at radius 2 is 1.12 bits per heavy atom. The van der Waals surface area contributed by atoms with Crippen LogP contribution in [0.25, 0.3) is 33.4 Å². The van der Waals surface area contributed by atoms with Gasteiger partial charge in [-0.1, -0.05) is 84.4 Å². The number of hydrogen-bond acceptors (Lipinski definition) is 3. The van der Waals surface area contributed by atoms with E-state index in [4.69, 9.17) is 17.3 Å². The summed E-state index contributed by atoms with van der Waals surface area (Å²) in [5.74, 6) is 0.544. The summed E-state index contributed by atoms with van der Waals surface area (Å²) in [5.41, 5.74) is 14.3. The zero-order valence-electron chi connectivity index (χ0n) is 17.9. The molecule has 1 aromatic heterocycles. The van der Waals surface area contributed by atoms with Gasteiger partial charge in [-0.25, -0.2) is 4.98 Å². The lowest BCUT2D eigenvalue weighted by atomic mass is 9.93. The van der Waals surface area contributed by atoms with Crippen LogP contribution in [-0.2, 0) is 0 Å². The lowest BCUT2D eigenvalue weighted by Crippen LogP contribution is -1.99. The fraction of sp³-hybridized carbons (Fsp3) is 0. The Hall–Kier alpha value is -4.08. The van der Waals surface area contributed by atoms with Crippen LogP contribution in [0.3, 0.4) is 0 Å². The van der Waals surface area contributed by atoms with E-state index >= 15 is 0 Å². The molecule has 1 heterocycles. The molecule has 0 unspecified atom stereocenters. The summed E-state index contributed by atoms with van der Waals surface area (Å²) in [6.07, 6.45) is 1.64. The molecule has 5 aromatic rings. The third-order valence-electron chi connectivity index (χ3n) is 5.54. The van der Waals surface area contributed by atoms with Crippen molar-refractivity contribution in [3.8, 4) is 33.4 Å². The number of benzene rings is 4. The summed E-state index contributed by atoms with van der Waals surface area (Å²) in [6, 6.07) is 37.5. The second-order valence-corrected chi connectivity index (χ2v) is 8.20. The molecular formula is C29H22ClN3. The fourth-order valence-electron chi connectivity index (χ4n) is 3.85. The second kappa shape index (κ2) is 9.19. The fourth-order valence-corrected chi connectivity index (χ4v) is 4.00. The molecule has 160 valence electrons. The van der Waals surface area contributed by atoms with E-state index in [0.717, 1.165) is 16.8 Å². The Morgan fingerprint density at radius 3 is 1.73 bits per heavy atom. The normalized spacial score (nSPS) is 10.7. The molecule has 0 aliphatic heterocycles. The van der Waals surface area contributed by atoms with Gasteiger partial charge >= 0.3 is 0 Å². The molecule has 4 heteroatoms. The van der Waals surface area contributed by atoms with Gasteiger partial charge in [0.15, 0.2) is 5.82 Å². The van der Waals surface area contributed by atoms with Gasteiger partial charge in [-0.05, 0) is 69.8 Å². The van der Waals surface area contributed by atoms with Crippen LogP contribution >= 0.6 is 11.6 Å². The summed E-state index contributed by atoms with van der Waals surface area (Å²) in [4.78, 5) is 4.32. The molecule has 0 amide bonds. The minimum absolute atomic E-state index is 0.432. The van der Waals surface area contributed by atoms with Gasteiger partial charge in [0.05, 0.1) is 10.7 Å². The first-order valence-corrected chi connectivity index (χ1v) is 11.1. The first kappa shape index (κ1) is 20.8. The second-order valence-electron chi connectivity index (χ2n) is 7.79. The van der Waals surface area contributed by atoms with E-state index in [1.165, 1.54) is 22.3 Å². The molecule has 0 radical (unpaired) electrons. The zero-order valence-corrected chi connectivity index (χ0v) is 18.6. The standard InChI is InChI=1S/C29H22ClN3/c30-27-14-15-32-29(28(27)31)33-26-13-7-12-22(19-26)25-17-23(20-8-3-1-4-9-20)16-24(18-25)21-10-5-2-6-11-21/h1-19H,31H2,(H,32,33). The Morgan fingerprint density at radius 1 is 0.576 bits per heavy atom. The highest BCUT2D eigenvalue weighted by atomic mass is 35.5. The third-order valence-corrected chi connectivity index (χ3v) is 5.87. The van der Waals surface area contributed by atoms with Gasteiger partial charge in [-0.15, -0.1) is 0 Å². The molecule has 0 saturated carbocycles. The van der Waals surface area contributed by atoms with E-state index in [1.807, 2.05) is 24.3 Å². The molecule has 0 bridgehead atoms. The highest BCUT2D eigenvalue weighted by Gasteiger charge is 2.09. The number of pyridine rings is 1. The van der Waals surface area contributed by atoms with Gasteiger partial charge in [-0.2, -0.15) is 0 Å². The molecule has 4 aromatic carbocycles. The zero-order chi connectivity index (χ0) is 22.6. The number of hydrogen-bond donors (Lipinski definition) is 2. The molecule has 0 spiro atoms. The van der Waals surface area contributed by atoms with E-state index in [0.29, 0.717) is 16.5 Å². The van der Waals surface area contributed by atoms with Gasteiger partial charge < -0.3 is 11.1 Å². The van der Waals surface area contributed by atoms with Crippen molar-refractivity contribution in [1.29, 1.82) is 0 Å². The summed E-state index contributed by atoms with van der Waals surface area (Å²) in [6.45, 7) is 0. The van der Waals surface area contributed by atoms with Crippen molar-refractivity contribution < 1.29 is 0 Å². The quantitative estimate of drug-likeness (QED) is 0.286. The number of rotatable bonds is 5. The highest BCUT2D eigenvalue weighted by molar-refractivity contribution is 6.33. The van der Waals surface area contributed by atoms with Crippen LogP contribution in [0.4, 0.5) is 17.2 Å². The molecule has 3 N–H and O–H groups in total. The van der Waals surface area contributed by atoms with E-state index in [2.05, 4.69) is 89.2 Å². The molecule has 33 heavy (non-hydrogen) atoms. The van der Waals surface area contributed by atoms with Crippen molar-refractivity contribution in [3.63, 3.8) is 0 Å². The van der Waals surface area contributed by atoms with E-state index in [-0.39, 0.29) is 0 Å². The van der Waals surface area contributed by atoms with Crippen LogP contribution in [0, 0.1) is 0 Å². The molecule has 0 saturated heterocycles. The van der Waals surface area contributed by atoms with Gasteiger partial charge in [0.2, 0.25) is 0 Å². The number of nitrogens with two attached hydrogens (primary N) is 1. The molecule has 0 atom stereocenters. The SMILES string of the molecule is Nc1c(Cl)ccnc1Nc1cccc(-c2cc(-c3ccccc3)cc(-c3ccccc3)c2)c1. The number of anilines is 3. The van der Waals surface area contributed by atoms with E-state index < -0.39 is 0 Å². The predicted octanol–water partition coefficient (Wildman–Crippen LogP) is 8.06. The van der Waals surface area contributed by atoms with Crippen LogP contribution in [0.5, 0.6) is 0 Å². The minimum atomic E-state index is 0.432. The van der Waals surface area contributed by atoms with Crippen molar-refractivity contribution >= 4 is 28.8 Å². The van der Waals surface area contributed by atoms with Crippen molar-refractivity contribution in [2.45, 2.75) is 0 Å². The highest BCUT2D eigenvalue weighted by Crippen LogP contribution is 2.34. The van der Waals surface area contributed by atoms with Crippen molar-refractivity contribution in [1.82, 2.24) is 4.98 Å². The van der Waals surface area contributed by atoms with Gasteiger partial charge in [0.1, 0.15) is 0 Å². The van der Waals surface area contributed by atoms with Crippen molar-refractivity contribution in [2.75, 3.05) is 11.1 Å². The predicted molar refractivity (Wildman–Crippen MR) is 140 cm³/mol. The maximum Gasteiger partial charge on any atom is 0.155 e. The monoisotopic (exact) mass is 447 g/mol. The van der Waals surface area contributed by atoms with Crippen LogP contribution in [0.1, 0.15) is 0 Å². The van der Waals surface area contributed by atoms with Crippen LogP contribution in [0.15, 0.2) is 115 Å². The maximum absolute atomic E-state index is 6.15. The average Bonchev–Trinajstić information content (AvgIpc) is 2.88. The van der Waals surface area contributed by atoms with E-state index in [9.17, 15) is 0 Å². The first-order valence-electron chi connectivity index (χ1n) is 10.7. The molecule has 0 aliphatic carbocycles. The smallest absolute Gasteiger partial charge is 0.155 e. The number of nitrogen functional groups attached to an aromatic ring is 1. The van der Waals surface area contributed by atoms with Crippen LogP contribution in [-0.4, -0.2) is 4.98 Å². The van der Waals surface area contributed by atoms with Gasteiger partial charge in [0.25, 0.3) is 0 Å². The number of nitrogens with one attached hydrogen (secondary N) is 1. The molecule has 0 fully saturated rings. The van der Waals surface area contributed by atoms with Gasteiger partial charge in [0, 0.05) is 11.9 Å². The number of halogens is 1. The average molecular weight is 448 g/mol. The summed E-state index contributed by atoms with van der Waals surface area (Å²) >= 11 is 6.15. The Kier molecular flexibility index (Phi) is 5.79. The summed E-state index contributed by atoms with van der Waals surface area (Å²) in [7, 11) is 0. The number of aromatic nitrogens is 1. The topological polar surface area (TPSA) is 50.9 Å².